The molecular weight excluding hydrogens is 230 g/mol. The molecule has 0 radical (unpaired) electrons. The smallest absolute Gasteiger partial charge is 0.322 e. The van der Waals surface area contributed by atoms with Gasteiger partial charge in [-0.1, -0.05) is 12.1 Å². The van der Waals surface area contributed by atoms with Gasteiger partial charge in [-0.3, -0.25) is 4.79 Å². The number of methoxy groups -OCH3 is 2. The number of hydrogen-bond donors (Lipinski definition) is 1. The second kappa shape index (κ2) is 7.01. The Kier molecular flexibility index (Phi) is 5.65. The molecule has 0 aliphatic carbocycles. The summed E-state index contributed by atoms with van der Waals surface area (Å²) in [5, 5.41) is 0. The maximum atomic E-state index is 11.1. The van der Waals surface area contributed by atoms with Gasteiger partial charge in [0.05, 0.1) is 14.2 Å². The summed E-state index contributed by atoms with van der Waals surface area (Å²) in [7, 11) is 3.02. The molecule has 0 heterocycles. The maximum absolute atomic E-state index is 11.1. The lowest BCUT2D eigenvalue weighted by molar-refractivity contribution is -0.142. The first-order valence-electron chi connectivity index (χ1n) is 6.05. The number of hydrogen-bond acceptors (Lipinski definition) is 4. The van der Waals surface area contributed by atoms with Crippen molar-refractivity contribution < 1.29 is 14.3 Å². The molecule has 100 valence electrons. The summed E-state index contributed by atoms with van der Waals surface area (Å²) >= 11 is 0. The Morgan fingerprint density at radius 3 is 2.67 bits per heavy atom. The number of ether oxygens (including phenoxy) is 2. The SMILES string of the molecule is COC(=O)C(N)CCCc1ccc(OC)c(C)c1. The second-order valence-corrected chi connectivity index (χ2v) is 4.33. The fourth-order valence-corrected chi connectivity index (χ4v) is 1.89. The predicted octanol–water partition coefficient (Wildman–Crippen LogP) is 1.83. The molecule has 0 aliphatic rings. The highest BCUT2D eigenvalue weighted by molar-refractivity contribution is 5.75. The quantitative estimate of drug-likeness (QED) is 0.783. The van der Waals surface area contributed by atoms with E-state index >= 15 is 0 Å². The van der Waals surface area contributed by atoms with E-state index in [1.165, 1.54) is 12.7 Å². The van der Waals surface area contributed by atoms with Crippen molar-refractivity contribution >= 4 is 5.97 Å². The van der Waals surface area contributed by atoms with E-state index in [2.05, 4.69) is 10.8 Å². The molecule has 0 aromatic heterocycles. The van der Waals surface area contributed by atoms with Crippen molar-refractivity contribution in [1.29, 1.82) is 0 Å². The molecule has 4 heteroatoms. The van der Waals surface area contributed by atoms with E-state index in [1.807, 2.05) is 19.1 Å². The van der Waals surface area contributed by atoms with Crippen LogP contribution in [0.3, 0.4) is 0 Å². The third-order valence-electron chi connectivity index (χ3n) is 2.94. The van der Waals surface area contributed by atoms with Gasteiger partial charge in [0.15, 0.2) is 0 Å². The van der Waals surface area contributed by atoms with E-state index in [4.69, 9.17) is 10.5 Å². The van der Waals surface area contributed by atoms with Crippen molar-refractivity contribution in [2.75, 3.05) is 14.2 Å². The molecule has 0 amide bonds. The molecule has 0 saturated carbocycles. The van der Waals surface area contributed by atoms with Crippen LogP contribution in [0.1, 0.15) is 24.0 Å². The minimum absolute atomic E-state index is 0.346. The molecule has 18 heavy (non-hydrogen) atoms. The van der Waals surface area contributed by atoms with Crippen molar-refractivity contribution in [3.8, 4) is 5.75 Å². The Morgan fingerprint density at radius 2 is 2.11 bits per heavy atom. The average molecular weight is 251 g/mol. The van der Waals surface area contributed by atoms with Crippen LogP contribution in [0.4, 0.5) is 0 Å². The molecule has 0 bridgehead atoms. The van der Waals surface area contributed by atoms with Crippen molar-refractivity contribution in [3.63, 3.8) is 0 Å². The van der Waals surface area contributed by atoms with Gasteiger partial charge in [0, 0.05) is 0 Å². The highest BCUT2D eigenvalue weighted by Crippen LogP contribution is 2.19. The lowest BCUT2D eigenvalue weighted by atomic mass is 10.0. The molecule has 1 aromatic rings. The average Bonchev–Trinajstić information content (AvgIpc) is 2.37. The number of nitrogens with two attached hydrogens (primary N) is 1. The first kappa shape index (κ1) is 14.5. The van der Waals surface area contributed by atoms with E-state index in [-0.39, 0.29) is 5.97 Å². The van der Waals surface area contributed by atoms with Gasteiger partial charge >= 0.3 is 5.97 Å². The third kappa shape index (κ3) is 4.04. The summed E-state index contributed by atoms with van der Waals surface area (Å²) in [5.41, 5.74) is 8.02. The van der Waals surface area contributed by atoms with Gasteiger partial charge in [-0.15, -0.1) is 0 Å². The van der Waals surface area contributed by atoms with Gasteiger partial charge in [0.1, 0.15) is 11.8 Å². The molecule has 4 nitrogen and oxygen atoms in total. The highest BCUT2D eigenvalue weighted by atomic mass is 16.5. The maximum Gasteiger partial charge on any atom is 0.322 e. The van der Waals surface area contributed by atoms with Crippen LogP contribution < -0.4 is 10.5 Å². The fourth-order valence-electron chi connectivity index (χ4n) is 1.89. The predicted molar refractivity (Wildman–Crippen MR) is 70.7 cm³/mol. The minimum Gasteiger partial charge on any atom is -0.496 e. The molecule has 0 saturated heterocycles. The highest BCUT2D eigenvalue weighted by Gasteiger charge is 2.12. The number of rotatable bonds is 6. The van der Waals surface area contributed by atoms with Crippen LogP contribution in [0.2, 0.25) is 0 Å². The molecule has 0 aliphatic heterocycles. The summed E-state index contributed by atoms with van der Waals surface area (Å²) in [6, 6.07) is 5.58. The molecule has 0 spiro atoms. The van der Waals surface area contributed by atoms with Crippen molar-refractivity contribution in [3.05, 3.63) is 29.3 Å². The van der Waals surface area contributed by atoms with Gasteiger partial charge in [0.25, 0.3) is 0 Å². The van der Waals surface area contributed by atoms with E-state index in [9.17, 15) is 4.79 Å². The largest absolute Gasteiger partial charge is 0.496 e. The number of carbonyl (C=O) groups is 1. The van der Waals surface area contributed by atoms with Crippen molar-refractivity contribution in [2.24, 2.45) is 5.73 Å². The molecule has 1 atom stereocenters. The summed E-state index contributed by atoms with van der Waals surface area (Å²) in [4.78, 5) is 11.1. The Balaban J connectivity index is 2.44. The van der Waals surface area contributed by atoms with E-state index in [1.54, 1.807) is 7.11 Å². The Labute approximate surface area is 108 Å². The van der Waals surface area contributed by atoms with Crippen LogP contribution in [0.15, 0.2) is 18.2 Å². The first-order chi connectivity index (χ1) is 8.58. The molecule has 1 rings (SSSR count). The molecule has 1 unspecified atom stereocenters. The minimum atomic E-state index is -0.519. The molecule has 0 fully saturated rings. The van der Waals surface area contributed by atoms with Gasteiger partial charge in [-0.2, -0.15) is 0 Å². The van der Waals surface area contributed by atoms with E-state index in [0.29, 0.717) is 6.42 Å². The van der Waals surface area contributed by atoms with Gasteiger partial charge in [-0.25, -0.2) is 0 Å². The van der Waals surface area contributed by atoms with Crippen LogP contribution in [-0.4, -0.2) is 26.2 Å². The second-order valence-electron chi connectivity index (χ2n) is 4.33. The lowest BCUT2D eigenvalue weighted by Crippen LogP contribution is -2.31. The van der Waals surface area contributed by atoms with E-state index < -0.39 is 6.04 Å². The number of carbonyl (C=O) groups excluding carboxylic acids is 1. The fraction of sp³-hybridized carbons (Fsp3) is 0.500. The molecule has 1 aromatic carbocycles. The van der Waals surface area contributed by atoms with Crippen LogP contribution >= 0.6 is 0 Å². The van der Waals surface area contributed by atoms with Gasteiger partial charge in [0.2, 0.25) is 0 Å². The van der Waals surface area contributed by atoms with Crippen LogP contribution in [0, 0.1) is 6.92 Å². The topological polar surface area (TPSA) is 61.5 Å². The number of benzene rings is 1. The van der Waals surface area contributed by atoms with Crippen molar-refractivity contribution in [2.45, 2.75) is 32.2 Å². The normalized spacial score (nSPS) is 12.0. The summed E-state index contributed by atoms with van der Waals surface area (Å²) in [6.07, 6.45) is 2.40. The molecular formula is C14H21NO3. The number of aryl methyl sites for hydroxylation is 2. The Hall–Kier alpha value is -1.55. The number of esters is 1. The zero-order valence-electron chi connectivity index (χ0n) is 11.2. The van der Waals surface area contributed by atoms with Crippen molar-refractivity contribution in [1.82, 2.24) is 0 Å². The summed E-state index contributed by atoms with van der Waals surface area (Å²) < 4.78 is 9.79. The van der Waals surface area contributed by atoms with Crippen LogP contribution in [-0.2, 0) is 16.0 Å². The summed E-state index contributed by atoms with van der Waals surface area (Å²) in [6.45, 7) is 2.02. The zero-order valence-corrected chi connectivity index (χ0v) is 11.2. The van der Waals surface area contributed by atoms with Crippen LogP contribution in [0.25, 0.3) is 0 Å². The standard InChI is InChI=1S/C14H21NO3/c1-10-9-11(7-8-13(10)17-2)5-4-6-12(15)14(16)18-3/h7-9,12H,4-6,15H2,1-3H3. The van der Waals surface area contributed by atoms with Gasteiger partial charge in [-0.05, 0) is 43.4 Å². The summed E-state index contributed by atoms with van der Waals surface area (Å²) in [5.74, 6) is 0.547. The Morgan fingerprint density at radius 1 is 1.39 bits per heavy atom. The first-order valence-corrected chi connectivity index (χ1v) is 6.05. The van der Waals surface area contributed by atoms with E-state index in [0.717, 1.165) is 24.2 Å². The zero-order chi connectivity index (χ0) is 13.5. The third-order valence-corrected chi connectivity index (χ3v) is 2.94. The van der Waals surface area contributed by atoms with Gasteiger partial charge < -0.3 is 15.2 Å². The molecule has 2 N–H and O–H groups in total. The lowest BCUT2D eigenvalue weighted by Gasteiger charge is -2.10. The Bertz CT molecular complexity index is 404. The monoisotopic (exact) mass is 251 g/mol. The van der Waals surface area contributed by atoms with Crippen LogP contribution in [0.5, 0.6) is 5.75 Å².